The average molecular weight is 258 g/mol. The van der Waals surface area contributed by atoms with E-state index in [4.69, 9.17) is 5.11 Å². The number of allylic oxidation sites excluding steroid dienone is 1. The Bertz CT molecular complexity index is 462. The molecule has 0 heterocycles. The summed E-state index contributed by atoms with van der Waals surface area (Å²) in [5.41, 5.74) is -0.113. The summed E-state index contributed by atoms with van der Waals surface area (Å²) in [5.74, 6) is -0.973. The molecule has 0 unspecified atom stereocenters. The summed E-state index contributed by atoms with van der Waals surface area (Å²) in [6, 6.07) is 4.05. The Hall–Kier alpha value is -1.78. The van der Waals surface area contributed by atoms with Crippen LogP contribution in [0.4, 0.5) is 13.2 Å². The highest BCUT2D eigenvalue weighted by Gasteiger charge is 2.32. The van der Waals surface area contributed by atoms with Gasteiger partial charge in [-0.05, 0) is 25.0 Å². The largest absolute Gasteiger partial charge is 0.481 e. The van der Waals surface area contributed by atoms with Crippen LogP contribution in [-0.4, -0.2) is 11.1 Å². The number of rotatable bonds is 4. The number of hydrogen-bond acceptors (Lipinski definition) is 1. The van der Waals surface area contributed by atoms with E-state index in [9.17, 15) is 18.0 Å². The van der Waals surface area contributed by atoms with Crippen LogP contribution >= 0.6 is 0 Å². The van der Waals surface area contributed by atoms with Crippen molar-refractivity contribution in [2.45, 2.75) is 25.9 Å². The molecule has 0 saturated carbocycles. The fraction of sp³-hybridized carbons (Fsp3) is 0.308. The third-order valence-electron chi connectivity index (χ3n) is 2.34. The summed E-state index contributed by atoms with van der Waals surface area (Å²) in [6.45, 7) is 1.59. The van der Waals surface area contributed by atoms with E-state index in [1.54, 1.807) is 13.0 Å². The van der Waals surface area contributed by atoms with E-state index >= 15 is 0 Å². The summed E-state index contributed by atoms with van der Waals surface area (Å²) < 4.78 is 38.2. The molecular formula is C13H13F3O2. The van der Waals surface area contributed by atoms with Gasteiger partial charge in [0.1, 0.15) is 0 Å². The lowest BCUT2D eigenvalue weighted by Crippen LogP contribution is -2.07. The highest BCUT2D eigenvalue weighted by atomic mass is 19.4. The molecular weight excluding hydrogens is 245 g/mol. The highest BCUT2D eigenvalue weighted by Crippen LogP contribution is 2.33. The molecule has 1 aromatic rings. The van der Waals surface area contributed by atoms with Crippen LogP contribution in [0.15, 0.2) is 24.3 Å². The van der Waals surface area contributed by atoms with E-state index in [-0.39, 0.29) is 18.4 Å². The number of aryl methyl sites for hydroxylation is 1. The molecule has 0 fully saturated rings. The minimum Gasteiger partial charge on any atom is -0.481 e. The van der Waals surface area contributed by atoms with Crippen LogP contribution < -0.4 is 0 Å². The molecule has 0 amide bonds. The Kier molecular flexibility index (Phi) is 4.53. The SMILES string of the molecule is Cc1ccc(/C=C/CCC(=O)O)c(C(F)(F)F)c1. The van der Waals surface area contributed by atoms with Gasteiger partial charge in [-0.25, -0.2) is 0 Å². The van der Waals surface area contributed by atoms with E-state index < -0.39 is 17.7 Å². The number of aliphatic carboxylic acids is 1. The first-order valence-electron chi connectivity index (χ1n) is 5.37. The predicted molar refractivity (Wildman–Crippen MR) is 62.1 cm³/mol. The lowest BCUT2D eigenvalue weighted by molar-refractivity contribution is -0.138. The van der Waals surface area contributed by atoms with Crippen LogP contribution in [0.5, 0.6) is 0 Å². The van der Waals surface area contributed by atoms with Crippen molar-refractivity contribution in [3.8, 4) is 0 Å². The van der Waals surface area contributed by atoms with Gasteiger partial charge >= 0.3 is 12.1 Å². The van der Waals surface area contributed by atoms with E-state index in [2.05, 4.69) is 0 Å². The standard InChI is InChI=1S/C13H13F3O2/c1-9-6-7-10(4-2-3-5-12(17)18)11(8-9)13(14,15)16/h2,4,6-8H,3,5H2,1H3,(H,17,18)/b4-2+. The van der Waals surface area contributed by atoms with Crippen LogP contribution in [0.2, 0.25) is 0 Å². The van der Waals surface area contributed by atoms with Crippen molar-refractivity contribution >= 4 is 12.0 Å². The van der Waals surface area contributed by atoms with Crippen molar-refractivity contribution in [3.05, 3.63) is 41.0 Å². The zero-order valence-corrected chi connectivity index (χ0v) is 9.79. The summed E-state index contributed by atoms with van der Waals surface area (Å²) in [6.07, 6.45) is -1.54. The number of hydrogen-bond donors (Lipinski definition) is 1. The number of carboxylic acid groups (broad SMARTS) is 1. The lowest BCUT2D eigenvalue weighted by atomic mass is 10.0. The molecule has 0 aliphatic heterocycles. The molecule has 0 aliphatic rings. The van der Waals surface area contributed by atoms with Gasteiger partial charge in [-0.1, -0.05) is 29.8 Å². The molecule has 0 aliphatic carbocycles. The molecule has 0 aromatic heterocycles. The average Bonchev–Trinajstić information content (AvgIpc) is 2.24. The van der Waals surface area contributed by atoms with E-state index in [0.29, 0.717) is 5.56 Å². The number of alkyl halides is 3. The Morgan fingerprint density at radius 2 is 2.06 bits per heavy atom. The molecule has 5 heteroatoms. The molecule has 1 N–H and O–H groups in total. The summed E-state index contributed by atoms with van der Waals surface area (Å²) in [4.78, 5) is 10.3. The van der Waals surface area contributed by atoms with Crippen LogP contribution in [0.1, 0.15) is 29.5 Å². The molecule has 0 saturated heterocycles. The van der Waals surface area contributed by atoms with Crippen LogP contribution in [0.3, 0.4) is 0 Å². The maximum Gasteiger partial charge on any atom is 0.416 e. The fourth-order valence-electron chi connectivity index (χ4n) is 1.48. The van der Waals surface area contributed by atoms with Gasteiger partial charge in [-0.3, -0.25) is 4.79 Å². The first-order valence-corrected chi connectivity index (χ1v) is 5.37. The van der Waals surface area contributed by atoms with E-state index in [1.165, 1.54) is 18.2 Å². The first-order chi connectivity index (χ1) is 8.30. The van der Waals surface area contributed by atoms with Gasteiger partial charge in [0, 0.05) is 6.42 Å². The molecule has 1 rings (SSSR count). The van der Waals surface area contributed by atoms with Gasteiger partial charge in [0.15, 0.2) is 0 Å². The second-order valence-corrected chi connectivity index (χ2v) is 3.92. The highest BCUT2D eigenvalue weighted by molar-refractivity contribution is 5.67. The van der Waals surface area contributed by atoms with Crippen LogP contribution in [0, 0.1) is 6.92 Å². The van der Waals surface area contributed by atoms with Gasteiger partial charge in [0.25, 0.3) is 0 Å². The Morgan fingerprint density at radius 3 is 2.61 bits per heavy atom. The zero-order chi connectivity index (χ0) is 13.8. The molecule has 0 bridgehead atoms. The summed E-state index contributed by atoms with van der Waals surface area (Å²) in [5, 5.41) is 8.42. The molecule has 2 nitrogen and oxygen atoms in total. The maximum absolute atomic E-state index is 12.7. The fourth-order valence-corrected chi connectivity index (χ4v) is 1.48. The van der Waals surface area contributed by atoms with Crippen molar-refractivity contribution in [1.82, 2.24) is 0 Å². The predicted octanol–water partition coefficient (Wildman–Crippen LogP) is 3.89. The smallest absolute Gasteiger partial charge is 0.416 e. The van der Waals surface area contributed by atoms with Crippen LogP contribution in [0.25, 0.3) is 6.08 Å². The molecule has 98 valence electrons. The number of halogens is 3. The van der Waals surface area contributed by atoms with Crippen molar-refractivity contribution in [2.24, 2.45) is 0 Å². The first kappa shape index (κ1) is 14.3. The summed E-state index contributed by atoms with van der Waals surface area (Å²) in [7, 11) is 0. The number of benzene rings is 1. The van der Waals surface area contributed by atoms with Gasteiger partial charge in [-0.2, -0.15) is 13.2 Å². The van der Waals surface area contributed by atoms with Gasteiger partial charge in [-0.15, -0.1) is 0 Å². The molecule has 18 heavy (non-hydrogen) atoms. The molecule has 1 aromatic carbocycles. The molecule has 0 atom stereocenters. The number of carboxylic acids is 1. The van der Waals surface area contributed by atoms with Gasteiger partial charge in [0.2, 0.25) is 0 Å². The van der Waals surface area contributed by atoms with Crippen LogP contribution in [-0.2, 0) is 11.0 Å². The third kappa shape index (κ3) is 4.24. The minimum atomic E-state index is -4.40. The monoisotopic (exact) mass is 258 g/mol. The Balaban J connectivity index is 2.92. The van der Waals surface area contributed by atoms with Crippen molar-refractivity contribution in [3.63, 3.8) is 0 Å². The Morgan fingerprint density at radius 1 is 1.39 bits per heavy atom. The minimum absolute atomic E-state index is 0.0542. The van der Waals surface area contributed by atoms with Gasteiger partial charge < -0.3 is 5.11 Å². The second-order valence-electron chi connectivity index (χ2n) is 3.92. The molecule has 0 radical (unpaired) electrons. The topological polar surface area (TPSA) is 37.3 Å². The molecule has 0 spiro atoms. The lowest BCUT2D eigenvalue weighted by Gasteiger charge is -2.11. The van der Waals surface area contributed by atoms with Crippen molar-refractivity contribution in [1.29, 1.82) is 0 Å². The Labute approximate surface area is 103 Å². The zero-order valence-electron chi connectivity index (χ0n) is 9.79. The normalized spacial score (nSPS) is 12.0. The van der Waals surface area contributed by atoms with E-state index in [1.807, 2.05) is 0 Å². The third-order valence-corrected chi connectivity index (χ3v) is 2.34. The van der Waals surface area contributed by atoms with E-state index in [0.717, 1.165) is 6.07 Å². The maximum atomic E-state index is 12.7. The van der Waals surface area contributed by atoms with Gasteiger partial charge in [0.05, 0.1) is 5.56 Å². The summed E-state index contributed by atoms with van der Waals surface area (Å²) >= 11 is 0. The van der Waals surface area contributed by atoms with Crippen molar-refractivity contribution in [2.75, 3.05) is 0 Å². The number of carbonyl (C=O) groups is 1. The van der Waals surface area contributed by atoms with Crippen molar-refractivity contribution < 1.29 is 23.1 Å². The second kappa shape index (κ2) is 5.71. The quantitative estimate of drug-likeness (QED) is 0.889.